The molecule has 2 aromatic rings. The molecule has 0 fully saturated rings. The number of hydrogen-bond donors (Lipinski definition) is 2. The molecule has 0 unspecified atom stereocenters. The first kappa shape index (κ1) is 13.9. The van der Waals surface area contributed by atoms with Gasteiger partial charge in [0.2, 0.25) is 0 Å². The largest absolute Gasteiger partial charge is 0.394 e. The molecular formula is C13H16BrFN4. The number of aryl methyl sites for hydroxylation is 3. The Bertz CT molecular complexity index is 622. The van der Waals surface area contributed by atoms with Gasteiger partial charge in [-0.2, -0.15) is 5.10 Å². The van der Waals surface area contributed by atoms with Crippen LogP contribution in [0.3, 0.4) is 0 Å². The van der Waals surface area contributed by atoms with Gasteiger partial charge in [-0.25, -0.2) is 4.39 Å². The lowest BCUT2D eigenvalue weighted by Crippen LogP contribution is -2.03. The molecule has 0 aliphatic rings. The summed E-state index contributed by atoms with van der Waals surface area (Å²) in [6.45, 7) is 3.90. The number of halogens is 2. The van der Waals surface area contributed by atoms with Crippen LogP contribution < -0.4 is 11.1 Å². The Kier molecular flexibility index (Phi) is 3.80. The van der Waals surface area contributed by atoms with Crippen LogP contribution in [0.1, 0.15) is 18.2 Å². The van der Waals surface area contributed by atoms with Crippen molar-refractivity contribution < 1.29 is 4.39 Å². The molecule has 3 N–H and O–H groups in total. The smallest absolute Gasteiger partial charge is 0.152 e. The second kappa shape index (κ2) is 5.21. The molecule has 0 aliphatic heterocycles. The van der Waals surface area contributed by atoms with Gasteiger partial charge in [0, 0.05) is 12.7 Å². The van der Waals surface area contributed by atoms with Crippen molar-refractivity contribution in [1.82, 2.24) is 9.78 Å². The number of nitrogens with two attached hydrogens (primary N) is 1. The molecule has 1 aromatic heterocycles. The van der Waals surface area contributed by atoms with E-state index in [-0.39, 0.29) is 5.82 Å². The minimum atomic E-state index is -0.315. The summed E-state index contributed by atoms with van der Waals surface area (Å²) in [6, 6.07) is 3.17. The van der Waals surface area contributed by atoms with Crippen molar-refractivity contribution in [3.63, 3.8) is 0 Å². The third-order valence-corrected chi connectivity index (χ3v) is 3.62. The topological polar surface area (TPSA) is 55.9 Å². The molecule has 0 saturated heterocycles. The number of anilines is 3. The maximum atomic E-state index is 13.6. The fourth-order valence-corrected chi connectivity index (χ4v) is 2.37. The van der Waals surface area contributed by atoms with Gasteiger partial charge in [-0.15, -0.1) is 0 Å². The highest BCUT2D eigenvalue weighted by Gasteiger charge is 2.14. The van der Waals surface area contributed by atoms with E-state index in [0.29, 0.717) is 21.7 Å². The van der Waals surface area contributed by atoms with E-state index < -0.39 is 0 Å². The summed E-state index contributed by atoms with van der Waals surface area (Å²) in [5, 5.41) is 7.47. The molecule has 0 aliphatic carbocycles. The quantitative estimate of drug-likeness (QED) is 0.907. The molecule has 0 atom stereocenters. The summed E-state index contributed by atoms with van der Waals surface area (Å²) >= 11 is 3.16. The van der Waals surface area contributed by atoms with Gasteiger partial charge in [0.15, 0.2) is 5.82 Å². The maximum Gasteiger partial charge on any atom is 0.152 e. The highest BCUT2D eigenvalue weighted by molar-refractivity contribution is 9.10. The van der Waals surface area contributed by atoms with Gasteiger partial charge in [0.05, 0.1) is 15.9 Å². The lowest BCUT2D eigenvalue weighted by molar-refractivity contribution is 0.621. The van der Waals surface area contributed by atoms with Crippen molar-refractivity contribution in [3.8, 4) is 0 Å². The van der Waals surface area contributed by atoms with E-state index in [1.54, 1.807) is 10.7 Å². The predicted octanol–water partition coefficient (Wildman–Crippen LogP) is 3.52. The zero-order valence-electron chi connectivity index (χ0n) is 11.1. The van der Waals surface area contributed by atoms with Gasteiger partial charge in [0.25, 0.3) is 0 Å². The summed E-state index contributed by atoms with van der Waals surface area (Å²) in [4.78, 5) is 0. The van der Waals surface area contributed by atoms with E-state index in [1.807, 2.05) is 20.9 Å². The van der Waals surface area contributed by atoms with Crippen LogP contribution in [0.5, 0.6) is 0 Å². The van der Waals surface area contributed by atoms with Crippen molar-refractivity contribution in [2.75, 3.05) is 11.1 Å². The van der Waals surface area contributed by atoms with E-state index in [9.17, 15) is 4.39 Å². The monoisotopic (exact) mass is 326 g/mol. The van der Waals surface area contributed by atoms with E-state index in [1.165, 1.54) is 6.07 Å². The van der Waals surface area contributed by atoms with E-state index in [2.05, 4.69) is 26.3 Å². The second-order valence-corrected chi connectivity index (χ2v) is 5.25. The Morgan fingerprint density at radius 3 is 2.74 bits per heavy atom. The fourth-order valence-electron chi connectivity index (χ4n) is 1.91. The molecule has 0 radical (unpaired) electrons. The van der Waals surface area contributed by atoms with Crippen LogP contribution in [0.2, 0.25) is 0 Å². The minimum Gasteiger partial charge on any atom is -0.394 e. The number of aromatic nitrogens is 2. The van der Waals surface area contributed by atoms with Gasteiger partial charge < -0.3 is 11.1 Å². The molecule has 102 valence electrons. The molecule has 0 saturated carbocycles. The lowest BCUT2D eigenvalue weighted by Gasteiger charge is -2.11. The van der Waals surface area contributed by atoms with Crippen molar-refractivity contribution >= 4 is 33.1 Å². The lowest BCUT2D eigenvalue weighted by atomic mass is 10.2. The summed E-state index contributed by atoms with van der Waals surface area (Å²) in [5.41, 5.74) is 9.07. The summed E-state index contributed by atoms with van der Waals surface area (Å²) in [6.07, 6.45) is 0.759. The van der Waals surface area contributed by atoms with Crippen molar-refractivity contribution in [2.24, 2.45) is 7.05 Å². The van der Waals surface area contributed by atoms with Gasteiger partial charge in [-0.05, 0) is 47.0 Å². The van der Waals surface area contributed by atoms with Crippen LogP contribution in [0, 0.1) is 12.7 Å². The van der Waals surface area contributed by atoms with Crippen LogP contribution in [0.4, 0.5) is 21.6 Å². The Morgan fingerprint density at radius 1 is 1.47 bits per heavy atom. The van der Waals surface area contributed by atoms with Crippen LogP contribution in [-0.4, -0.2) is 9.78 Å². The molecule has 0 spiro atoms. The number of benzene rings is 1. The van der Waals surface area contributed by atoms with E-state index in [4.69, 9.17) is 5.73 Å². The van der Waals surface area contributed by atoms with Gasteiger partial charge in [-0.1, -0.05) is 6.92 Å². The molecule has 2 rings (SSSR count). The maximum absolute atomic E-state index is 13.6. The van der Waals surface area contributed by atoms with Crippen molar-refractivity contribution in [3.05, 3.63) is 33.7 Å². The standard InChI is InChI=1S/C13H16BrFN4/c1-4-10-12(16)13(19(3)18-10)17-11-6-9(15)8(14)5-7(11)2/h5-6,17H,4,16H2,1-3H3. The number of hydrogen-bond acceptors (Lipinski definition) is 3. The Morgan fingerprint density at radius 2 is 2.16 bits per heavy atom. The highest BCUT2D eigenvalue weighted by Crippen LogP contribution is 2.30. The van der Waals surface area contributed by atoms with Gasteiger partial charge >= 0.3 is 0 Å². The third kappa shape index (κ3) is 2.58. The number of rotatable bonds is 3. The van der Waals surface area contributed by atoms with Crippen molar-refractivity contribution in [2.45, 2.75) is 20.3 Å². The molecule has 0 amide bonds. The molecule has 6 heteroatoms. The Balaban J connectivity index is 2.42. The van der Waals surface area contributed by atoms with Gasteiger partial charge in [0.1, 0.15) is 5.82 Å². The molecule has 1 aromatic carbocycles. The Labute approximate surface area is 119 Å². The highest BCUT2D eigenvalue weighted by atomic mass is 79.9. The van der Waals surface area contributed by atoms with E-state index >= 15 is 0 Å². The average Bonchev–Trinajstić information content (AvgIpc) is 2.63. The minimum absolute atomic E-state index is 0.315. The first-order valence-electron chi connectivity index (χ1n) is 5.98. The van der Waals surface area contributed by atoms with E-state index in [0.717, 1.165) is 17.7 Å². The van der Waals surface area contributed by atoms with Crippen LogP contribution >= 0.6 is 15.9 Å². The number of nitrogens with one attached hydrogen (secondary N) is 1. The van der Waals surface area contributed by atoms with Crippen LogP contribution in [-0.2, 0) is 13.5 Å². The average molecular weight is 327 g/mol. The van der Waals surface area contributed by atoms with Crippen molar-refractivity contribution in [1.29, 1.82) is 0 Å². The summed E-state index contributed by atoms with van der Waals surface area (Å²) in [7, 11) is 1.81. The first-order valence-corrected chi connectivity index (χ1v) is 6.77. The van der Waals surface area contributed by atoms with Crippen LogP contribution in [0.25, 0.3) is 0 Å². The Hall–Kier alpha value is -1.56. The number of nitrogens with zero attached hydrogens (tertiary/aromatic N) is 2. The second-order valence-electron chi connectivity index (χ2n) is 4.39. The van der Waals surface area contributed by atoms with Gasteiger partial charge in [-0.3, -0.25) is 4.68 Å². The zero-order chi connectivity index (χ0) is 14.2. The SMILES string of the molecule is CCc1nn(C)c(Nc2cc(F)c(Br)cc2C)c1N. The van der Waals surface area contributed by atoms with Crippen LogP contribution in [0.15, 0.2) is 16.6 Å². The normalized spacial score (nSPS) is 10.8. The molecule has 19 heavy (non-hydrogen) atoms. The third-order valence-electron chi connectivity index (χ3n) is 3.02. The molecular weight excluding hydrogens is 311 g/mol. The fraction of sp³-hybridized carbons (Fsp3) is 0.308. The molecule has 4 nitrogen and oxygen atoms in total. The summed E-state index contributed by atoms with van der Waals surface area (Å²) < 4.78 is 15.7. The zero-order valence-corrected chi connectivity index (χ0v) is 12.7. The first-order chi connectivity index (χ1) is 8.93. The molecule has 1 heterocycles. The summed E-state index contributed by atoms with van der Waals surface area (Å²) in [5.74, 6) is 0.367. The molecule has 0 bridgehead atoms. The number of nitrogen functional groups attached to an aromatic ring is 1. The predicted molar refractivity (Wildman–Crippen MR) is 79.1 cm³/mol.